The summed E-state index contributed by atoms with van der Waals surface area (Å²) < 4.78 is 36.1. The Morgan fingerprint density at radius 1 is 0.800 bits per heavy atom. The first-order valence-corrected chi connectivity index (χ1v) is 13.3. The maximum absolute atomic E-state index is 13.0. The van der Waals surface area contributed by atoms with Crippen LogP contribution in [0.2, 0.25) is 0 Å². The highest BCUT2D eigenvalue weighted by Gasteiger charge is 2.28. The summed E-state index contributed by atoms with van der Waals surface area (Å²) in [6, 6.07) is 31.4. The van der Waals surface area contributed by atoms with Crippen molar-refractivity contribution < 1.29 is 13.2 Å². The van der Waals surface area contributed by atoms with Crippen LogP contribution in [0.5, 0.6) is 11.5 Å². The van der Waals surface area contributed by atoms with E-state index in [1.165, 1.54) is 20.6 Å². The summed E-state index contributed by atoms with van der Waals surface area (Å²) in [6.07, 6.45) is 1.53. The van der Waals surface area contributed by atoms with E-state index in [1.54, 1.807) is 24.3 Å². The number of hydrogen-bond donors (Lipinski definition) is 2. The molecule has 7 heteroatoms. The van der Waals surface area contributed by atoms with E-state index < -0.39 is 10.2 Å². The van der Waals surface area contributed by atoms with E-state index in [0.29, 0.717) is 30.3 Å². The number of piperidine rings is 1. The summed E-state index contributed by atoms with van der Waals surface area (Å²) in [7, 11) is -3.65. The van der Waals surface area contributed by atoms with E-state index >= 15 is 0 Å². The Kier molecular flexibility index (Phi) is 6.99. The number of benzene rings is 4. The topological polar surface area (TPSA) is 70.7 Å². The van der Waals surface area contributed by atoms with Crippen LogP contribution in [0.1, 0.15) is 18.4 Å². The van der Waals surface area contributed by atoms with Crippen LogP contribution in [0.25, 0.3) is 10.8 Å². The van der Waals surface area contributed by atoms with Gasteiger partial charge in [0.25, 0.3) is 0 Å². The minimum absolute atomic E-state index is 0.281. The van der Waals surface area contributed by atoms with Gasteiger partial charge < -0.3 is 10.1 Å². The Hall–Kier alpha value is -3.39. The molecule has 35 heavy (non-hydrogen) atoms. The van der Waals surface area contributed by atoms with Gasteiger partial charge in [-0.15, -0.1) is 0 Å². The van der Waals surface area contributed by atoms with Crippen LogP contribution in [0.3, 0.4) is 0 Å². The molecule has 0 amide bonds. The third-order valence-corrected chi connectivity index (χ3v) is 7.85. The summed E-state index contributed by atoms with van der Waals surface area (Å²) in [5, 5.41) is 6.11. The van der Waals surface area contributed by atoms with Crippen molar-refractivity contribution in [2.75, 3.05) is 17.8 Å². The zero-order valence-corrected chi connectivity index (χ0v) is 20.2. The van der Waals surface area contributed by atoms with E-state index in [2.05, 4.69) is 52.5 Å². The van der Waals surface area contributed by atoms with Crippen LogP contribution in [0, 0.1) is 0 Å². The molecule has 4 aromatic carbocycles. The van der Waals surface area contributed by atoms with Crippen molar-refractivity contribution in [3.63, 3.8) is 0 Å². The van der Waals surface area contributed by atoms with Gasteiger partial charge in [-0.1, -0.05) is 66.7 Å². The largest absolute Gasteiger partial charge is 0.457 e. The van der Waals surface area contributed by atoms with Crippen molar-refractivity contribution in [1.82, 2.24) is 9.62 Å². The fourth-order valence-corrected chi connectivity index (χ4v) is 5.71. The number of nitrogens with zero attached hydrogens (tertiary/aromatic N) is 1. The van der Waals surface area contributed by atoms with Crippen molar-refractivity contribution in [2.24, 2.45) is 0 Å². The Morgan fingerprint density at radius 2 is 1.49 bits per heavy atom. The van der Waals surface area contributed by atoms with Crippen molar-refractivity contribution in [1.29, 1.82) is 0 Å². The van der Waals surface area contributed by atoms with Crippen LogP contribution in [-0.4, -0.2) is 31.9 Å². The minimum atomic E-state index is -3.65. The second kappa shape index (κ2) is 10.5. The Morgan fingerprint density at radius 3 is 2.31 bits per heavy atom. The van der Waals surface area contributed by atoms with Crippen LogP contribution < -0.4 is 14.8 Å². The predicted molar refractivity (Wildman–Crippen MR) is 141 cm³/mol. The average molecular weight is 488 g/mol. The van der Waals surface area contributed by atoms with E-state index in [1.807, 2.05) is 30.3 Å². The first kappa shape index (κ1) is 23.4. The van der Waals surface area contributed by atoms with Gasteiger partial charge in [-0.3, -0.25) is 4.72 Å². The lowest BCUT2D eigenvalue weighted by Crippen LogP contribution is -2.46. The van der Waals surface area contributed by atoms with Gasteiger partial charge in [-0.25, -0.2) is 0 Å². The van der Waals surface area contributed by atoms with Gasteiger partial charge in [-0.2, -0.15) is 12.7 Å². The average Bonchev–Trinajstić information content (AvgIpc) is 2.88. The molecule has 0 atom stereocenters. The molecule has 1 heterocycles. The van der Waals surface area contributed by atoms with Crippen LogP contribution >= 0.6 is 0 Å². The van der Waals surface area contributed by atoms with E-state index in [0.717, 1.165) is 19.4 Å². The molecule has 5 rings (SSSR count). The molecule has 0 spiro atoms. The maximum Gasteiger partial charge on any atom is 0.301 e. The molecule has 4 aromatic rings. The first-order valence-electron chi connectivity index (χ1n) is 11.9. The number of anilines is 1. The van der Waals surface area contributed by atoms with Crippen molar-refractivity contribution in [2.45, 2.75) is 25.4 Å². The molecule has 1 fully saturated rings. The maximum atomic E-state index is 13.0. The molecule has 0 aliphatic carbocycles. The smallest absolute Gasteiger partial charge is 0.301 e. The SMILES string of the molecule is O=S(=O)(Nc1cccc(Oc2ccccc2)c1)N1CCC(NCc2cccc3ccccc23)CC1. The van der Waals surface area contributed by atoms with E-state index in [9.17, 15) is 8.42 Å². The number of nitrogens with one attached hydrogen (secondary N) is 2. The van der Waals surface area contributed by atoms with E-state index in [4.69, 9.17) is 4.74 Å². The Bertz CT molecular complexity index is 1380. The van der Waals surface area contributed by atoms with Gasteiger partial charge in [0.15, 0.2) is 0 Å². The molecular weight excluding hydrogens is 458 g/mol. The lowest BCUT2D eigenvalue weighted by molar-refractivity contribution is 0.290. The Labute approximate surface area is 206 Å². The summed E-state index contributed by atoms with van der Waals surface area (Å²) in [4.78, 5) is 0. The van der Waals surface area contributed by atoms with Crippen molar-refractivity contribution in [3.05, 3.63) is 103 Å². The van der Waals surface area contributed by atoms with Crippen LogP contribution in [0.15, 0.2) is 97.1 Å². The zero-order chi connectivity index (χ0) is 24.1. The minimum Gasteiger partial charge on any atom is -0.457 e. The molecule has 0 radical (unpaired) electrons. The van der Waals surface area contributed by atoms with Crippen LogP contribution in [0.4, 0.5) is 5.69 Å². The van der Waals surface area contributed by atoms with Gasteiger partial charge in [-0.05, 0) is 53.4 Å². The van der Waals surface area contributed by atoms with Crippen molar-refractivity contribution in [3.8, 4) is 11.5 Å². The molecule has 2 N–H and O–H groups in total. The fraction of sp³-hybridized carbons (Fsp3) is 0.214. The quantitative estimate of drug-likeness (QED) is 0.342. The number of rotatable bonds is 8. The molecular formula is C28H29N3O3S. The van der Waals surface area contributed by atoms with Gasteiger partial charge in [0.1, 0.15) is 11.5 Å². The molecule has 180 valence electrons. The predicted octanol–water partition coefficient (Wildman–Crippen LogP) is 5.54. The van der Waals surface area contributed by atoms with E-state index in [-0.39, 0.29) is 6.04 Å². The molecule has 1 saturated heterocycles. The molecule has 6 nitrogen and oxygen atoms in total. The second-order valence-corrected chi connectivity index (χ2v) is 10.4. The first-order chi connectivity index (χ1) is 17.1. The monoisotopic (exact) mass is 487 g/mol. The van der Waals surface area contributed by atoms with Gasteiger partial charge in [0.05, 0.1) is 5.69 Å². The number of hydrogen-bond acceptors (Lipinski definition) is 4. The molecule has 0 aromatic heterocycles. The van der Waals surface area contributed by atoms with Gasteiger partial charge in [0.2, 0.25) is 0 Å². The molecule has 0 unspecified atom stereocenters. The highest BCUT2D eigenvalue weighted by Crippen LogP contribution is 2.25. The molecule has 0 saturated carbocycles. The lowest BCUT2D eigenvalue weighted by atomic mass is 10.0. The lowest BCUT2D eigenvalue weighted by Gasteiger charge is -2.32. The molecule has 0 bridgehead atoms. The highest BCUT2D eigenvalue weighted by molar-refractivity contribution is 7.90. The number of para-hydroxylation sites is 1. The normalized spacial score (nSPS) is 15.2. The zero-order valence-electron chi connectivity index (χ0n) is 19.4. The number of ether oxygens (including phenoxy) is 1. The Balaban J connectivity index is 1.16. The van der Waals surface area contributed by atoms with Gasteiger partial charge >= 0.3 is 10.2 Å². The summed E-state index contributed by atoms with van der Waals surface area (Å²) >= 11 is 0. The second-order valence-electron chi connectivity index (χ2n) is 8.74. The number of fused-ring (bicyclic) bond motifs is 1. The summed E-state index contributed by atoms with van der Waals surface area (Å²) in [6.45, 7) is 1.72. The van der Waals surface area contributed by atoms with Crippen LogP contribution in [-0.2, 0) is 16.8 Å². The molecule has 1 aliphatic heterocycles. The molecule has 1 aliphatic rings. The standard InChI is InChI=1S/C28H29N3O3S/c32-35(33,30-25-11-7-14-27(20-25)34-26-12-2-1-3-13-26)31-18-16-24(17-19-31)29-21-23-10-6-9-22-8-4-5-15-28(22)23/h1-15,20,24,29-30H,16-19,21H2. The third-order valence-electron chi connectivity index (χ3n) is 6.31. The highest BCUT2D eigenvalue weighted by atomic mass is 32.2. The fourth-order valence-electron chi connectivity index (χ4n) is 4.46. The third kappa shape index (κ3) is 5.82. The summed E-state index contributed by atoms with van der Waals surface area (Å²) in [5.74, 6) is 1.28. The van der Waals surface area contributed by atoms with Gasteiger partial charge in [0, 0.05) is 31.7 Å². The summed E-state index contributed by atoms with van der Waals surface area (Å²) in [5.41, 5.74) is 1.74. The van der Waals surface area contributed by atoms with Crippen molar-refractivity contribution >= 4 is 26.7 Å².